The van der Waals surface area contributed by atoms with E-state index in [1.165, 1.54) is 21.7 Å². The Labute approximate surface area is 221 Å². The van der Waals surface area contributed by atoms with Crippen LogP contribution in [0.3, 0.4) is 0 Å². The van der Waals surface area contributed by atoms with Gasteiger partial charge in [0.1, 0.15) is 0 Å². The molecule has 5 rings (SSSR count). The molecule has 2 aliphatic heterocycles. The minimum absolute atomic E-state index is 0.0145. The molecule has 3 aromatic rings. The number of amides is 2. The summed E-state index contributed by atoms with van der Waals surface area (Å²) < 4.78 is 42.0. The number of thioether (sulfide) groups is 1. The minimum Gasteiger partial charge on any atom is -0.299 e. The van der Waals surface area contributed by atoms with E-state index in [0.717, 1.165) is 30.8 Å². The molecule has 0 radical (unpaired) electrons. The molecule has 6 nitrogen and oxygen atoms in total. The van der Waals surface area contributed by atoms with Crippen molar-refractivity contribution in [2.24, 2.45) is 0 Å². The first-order chi connectivity index (χ1) is 17.5. The van der Waals surface area contributed by atoms with E-state index in [1.807, 2.05) is 0 Å². The highest BCUT2D eigenvalue weighted by atomic mass is 35.5. The number of fused-ring (bicyclic) bond motifs is 1. The maximum atomic E-state index is 13.5. The van der Waals surface area contributed by atoms with Crippen LogP contribution in [-0.2, 0) is 17.5 Å². The smallest absolute Gasteiger partial charge is 0.299 e. The standard InChI is InChI=1S/C26H24ClF3N4O2S/c1-15(2)32-8-7-20(14-32)34-24(35)23(37-25(34)36)10-16-3-6-22-18(9-16)12-31-33(22)13-17-4-5-19(27)11-21(17)26(28,29)30/h3-6,9-12,15,20H,7-8,13-14H2,1-2H3/b23-10-. The number of rotatable bonds is 5. The van der Waals surface area contributed by atoms with Crippen LogP contribution < -0.4 is 0 Å². The van der Waals surface area contributed by atoms with Crippen molar-refractivity contribution in [3.8, 4) is 0 Å². The fraction of sp³-hybridized carbons (Fsp3) is 0.346. The molecule has 3 heterocycles. The summed E-state index contributed by atoms with van der Waals surface area (Å²) in [6, 6.07) is 9.23. The molecule has 0 spiro atoms. The Balaban J connectivity index is 1.37. The van der Waals surface area contributed by atoms with Gasteiger partial charge in [-0.1, -0.05) is 23.7 Å². The molecule has 2 aliphatic rings. The van der Waals surface area contributed by atoms with Crippen molar-refractivity contribution in [2.75, 3.05) is 13.1 Å². The number of aromatic nitrogens is 2. The summed E-state index contributed by atoms with van der Waals surface area (Å²) in [6.45, 7) is 5.64. The molecule has 0 saturated carbocycles. The van der Waals surface area contributed by atoms with Gasteiger partial charge in [0.25, 0.3) is 11.1 Å². The first-order valence-electron chi connectivity index (χ1n) is 11.8. The van der Waals surface area contributed by atoms with Gasteiger partial charge in [-0.2, -0.15) is 18.3 Å². The average molecular weight is 549 g/mol. The van der Waals surface area contributed by atoms with Gasteiger partial charge in [0.05, 0.1) is 34.8 Å². The first kappa shape index (κ1) is 25.8. The topological polar surface area (TPSA) is 58.4 Å². The fourth-order valence-corrected chi connectivity index (χ4v) is 5.90. The SMILES string of the molecule is CC(C)N1CCC(N2C(=O)S/C(=C\c3ccc4c(cnn4Cc4ccc(Cl)cc4C(F)(F)F)c3)C2=O)C1. The molecule has 1 unspecified atom stereocenters. The van der Waals surface area contributed by atoms with Crippen molar-refractivity contribution in [1.29, 1.82) is 0 Å². The van der Waals surface area contributed by atoms with Gasteiger partial charge in [-0.25, -0.2) is 0 Å². The number of likely N-dealkylation sites (tertiary alicyclic amines) is 1. The first-order valence-corrected chi connectivity index (χ1v) is 13.0. The summed E-state index contributed by atoms with van der Waals surface area (Å²) in [6.07, 6.45) is -0.526. The van der Waals surface area contributed by atoms with Crippen LogP contribution in [0.2, 0.25) is 5.02 Å². The van der Waals surface area contributed by atoms with Crippen LogP contribution in [0.25, 0.3) is 17.0 Å². The van der Waals surface area contributed by atoms with Gasteiger partial charge in [-0.05, 0) is 73.5 Å². The number of nitrogens with zero attached hydrogens (tertiary/aromatic N) is 4. The number of carbonyl (C=O) groups excluding carboxylic acids is 2. The monoisotopic (exact) mass is 548 g/mol. The molecule has 2 aromatic carbocycles. The average Bonchev–Trinajstić information content (AvgIpc) is 3.53. The maximum Gasteiger partial charge on any atom is 0.416 e. The van der Waals surface area contributed by atoms with E-state index in [2.05, 4.69) is 23.8 Å². The van der Waals surface area contributed by atoms with Crippen molar-refractivity contribution in [2.45, 2.75) is 45.1 Å². The number of hydrogen-bond acceptors (Lipinski definition) is 5. The summed E-state index contributed by atoms with van der Waals surface area (Å²) in [5.74, 6) is -0.288. The van der Waals surface area contributed by atoms with Crippen LogP contribution in [-0.4, -0.2) is 55.9 Å². The van der Waals surface area contributed by atoms with Crippen LogP contribution in [0.5, 0.6) is 0 Å². The van der Waals surface area contributed by atoms with Gasteiger partial charge in [-0.3, -0.25) is 24.1 Å². The lowest BCUT2D eigenvalue weighted by Crippen LogP contribution is -2.41. The third-order valence-corrected chi connectivity index (χ3v) is 7.89. The Morgan fingerprint density at radius 1 is 1.19 bits per heavy atom. The number of alkyl halides is 3. The lowest BCUT2D eigenvalue weighted by Gasteiger charge is -2.23. The van der Waals surface area contributed by atoms with Gasteiger partial charge in [0.2, 0.25) is 0 Å². The van der Waals surface area contributed by atoms with E-state index in [0.29, 0.717) is 34.0 Å². The number of hydrogen-bond donors (Lipinski definition) is 0. The Bertz CT molecular complexity index is 1420. The normalized spacial score (nSPS) is 20.4. The predicted octanol–water partition coefficient (Wildman–Crippen LogP) is 6.28. The van der Waals surface area contributed by atoms with Gasteiger partial charge in [-0.15, -0.1) is 0 Å². The van der Waals surface area contributed by atoms with E-state index < -0.39 is 11.7 Å². The summed E-state index contributed by atoms with van der Waals surface area (Å²) in [5.41, 5.74) is 0.612. The lowest BCUT2D eigenvalue weighted by atomic mass is 10.1. The van der Waals surface area contributed by atoms with Crippen molar-refractivity contribution in [1.82, 2.24) is 19.6 Å². The molecule has 194 valence electrons. The molecule has 0 N–H and O–H groups in total. The summed E-state index contributed by atoms with van der Waals surface area (Å²) in [7, 11) is 0. The fourth-order valence-electron chi connectivity index (χ4n) is 4.83. The van der Waals surface area contributed by atoms with Crippen LogP contribution >= 0.6 is 23.4 Å². The lowest BCUT2D eigenvalue weighted by molar-refractivity contribution is -0.138. The summed E-state index contributed by atoms with van der Waals surface area (Å²) in [4.78, 5) is 29.7. The molecular weight excluding hydrogens is 525 g/mol. The number of carbonyl (C=O) groups is 2. The second-order valence-corrected chi connectivity index (χ2v) is 10.9. The third kappa shape index (κ3) is 5.15. The zero-order valence-electron chi connectivity index (χ0n) is 20.1. The van der Waals surface area contributed by atoms with Crippen LogP contribution in [0.15, 0.2) is 47.5 Å². The molecule has 2 saturated heterocycles. The van der Waals surface area contributed by atoms with E-state index in [4.69, 9.17) is 11.6 Å². The molecular formula is C26H24ClF3N4O2S. The van der Waals surface area contributed by atoms with E-state index in [-0.39, 0.29) is 34.3 Å². The van der Waals surface area contributed by atoms with Crippen LogP contribution in [0.4, 0.5) is 18.0 Å². The summed E-state index contributed by atoms with van der Waals surface area (Å²) in [5, 5.41) is 4.74. The molecule has 11 heteroatoms. The van der Waals surface area contributed by atoms with Crippen molar-refractivity contribution < 1.29 is 22.8 Å². The molecule has 2 amide bonds. The maximum absolute atomic E-state index is 13.5. The van der Waals surface area contributed by atoms with Gasteiger partial charge in [0, 0.05) is 29.5 Å². The number of halogens is 4. The molecule has 37 heavy (non-hydrogen) atoms. The summed E-state index contributed by atoms with van der Waals surface area (Å²) >= 11 is 6.72. The van der Waals surface area contributed by atoms with Gasteiger partial charge in [0.15, 0.2) is 0 Å². The molecule has 1 aromatic heterocycles. The molecule has 2 fully saturated rings. The molecule has 0 bridgehead atoms. The van der Waals surface area contributed by atoms with E-state index >= 15 is 0 Å². The predicted molar refractivity (Wildman–Crippen MR) is 138 cm³/mol. The van der Waals surface area contributed by atoms with E-state index in [1.54, 1.807) is 30.5 Å². The minimum atomic E-state index is -4.54. The van der Waals surface area contributed by atoms with Crippen LogP contribution in [0.1, 0.15) is 37.0 Å². The second-order valence-electron chi connectivity index (χ2n) is 9.50. The Hall–Kier alpha value is -2.82. The Morgan fingerprint density at radius 3 is 2.68 bits per heavy atom. The molecule has 0 aliphatic carbocycles. The molecule has 1 atom stereocenters. The van der Waals surface area contributed by atoms with Gasteiger partial charge >= 0.3 is 6.18 Å². The van der Waals surface area contributed by atoms with E-state index in [9.17, 15) is 22.8 Å². The highest BCUT2D eigenvalue weighted by molar-refractivity contribution is 8.18. The van der Waals surface area contributed by atoms with Gasteiger partial charge < -0.3 is 0 Å². The quantitative estimate of drug-likeness (QED) is 0.351. The zero-order chi connectivity index (χ0) is 26.5. The number of imide groups is 1. The van der Waals surface area contributed by atoms with Crippen molar-refractivity contribution in [3.05, 3.63) is 69.2 Å². The zero-order valence-corrected chi connectivity index (χ0v) is 21.7. The van der Waals surface area contributed by atoms with Crippen molar-refractivity contribution >= 4 is 51.5 Å². The number of benzene rings is 2. The third-order valence-electron chi connectivity index (χ3n) is 6.77. The highest BCUT2D eigenvalue weighted by Crippen LogP contribution is 2.37. The van der Waals surface area contributed by atoms with Crippen molar-refractivity contribution in [3.63, 3.8) is 0 Å². The Kier molecular flexibility index (Phi) is 6.84. The highest BCUT2D eigenvalue weighted by Gasteiger charge is 2.42. The van der Waals surface area contributed by atoms with Crippen LogP contribution in [0, 0.1) is 0 Å². The second kappa shape index (κ2) is 9.81. The largest absolute Gasteiger partial charge is 0.416 e. The Morgan fingerprint density at radius 2 is 1.97 bits per heavy atom.